The number of rotatable bonds is 21. The van der Waals surface area contributed by atoms with Crippen LogP contribution in [0.2, 0.25) is 0 Å². The van der Waals surface area contributed by atoms with Crippen molar-refractivity contribution in [2.45, 2.75) is 129 Å². The molecule has 46 heavy (non-hydrogen) atoms. The van der Waals surface area contributed by atoms with Crippen molar-refractivity contribution in [2.24, 2.45) is 0 Å². The summed E-state index contributed by atoms with van der Waals surface area (Å²) in [6, 6.07) is 31.4. The Morgan fingerprint density at radius 2 is 0.696 bits per heavy atom. The summed E-state index contributed by atoms with van der Waals surface area (Å²) in [7, 11) is 0. The number of anilines is 2. The first-order chi connectivity index (χ1) is 22.5. The Kier molecular flexibility index (Phi) is 15.3. The normalized spacial score (nSPS) is 11.3. The lowest BCUT2D eigenvalue weighted by molar-refractivity contribution is 0.638. The average molecular weight is 617 g/mol. The Labute approximate surface area is 281 Å². The van der Waals surface area contributed by atoms with E-state index in [9.17, 15) is 0 Å². The third kappa shape index (κ3) is 12.3. The minimum Gasteiger partial charge on any atom is -0.399 e. The summed E-state index contributed by atoms with van der Waals surface area (Å²) in [5, 5.41) is 0. The molecular formula is C44H60N2. The second-order valence-corrected chi connectivity index (χ2v) is 13.6. The highest BCUT2D eigenvalue weighted by molar-refractivity contribution is 5.43. The monoisotopic (exact) mass is 616 g/mol. The van der Waals surface area contributed by atoms with Crippen molar-refractivity contribution >= 4 is 11.4 Å². The first-order valence-electron chi connectivity index (χ1n) is 18.4. The maximum atomic E-state index is 5.93. The summed E-state index contributed by atoms with van der Waals surface area (Å²) < 4.78 is 0. The van der Waals surface area contributed by atoms with E-state index < -0.39 is 0 Å². The second-order valence-electron chi connectivity index (χ2n) is 13.6. The third-order valence-electron chi connectivity index (χ3n) is 9.57. The van der Waals surface area contributed by atoms with Crippen molar-refractivity contribution in [1.29, 1.82) is 0 Å². The number of benzene rings is 4. The van der Waals surface area contributed by atoms with E-state index in [1.807, 2.05) is 24.3 Å². The highest BCUT2D eigenvalue weighted by atomic mass is 14.5. The molecule has 0 aromatic heterocycles. The van der Waals surface area contributed by atoms with E-state index in [1.54, 1.807) is 11.1 Å². The summed E-state index contributed by atoms with van der Waals surface area (Å²) in [4.78, 5) is 0. The Morgan fingerprint density at radius 1 is 0.348 bits per heavy atom. The molecule has 0 bridgehead atoms. The lowest BCUT2D eigenvalue weighted by atomic mass is 9.92. The molecule has 0 aliphatic heterocycles. The number of nitrogen functional groups attached to an aromatic ring is 2. The van der Waals surface area contributed by atoms with Crippen LogP contribution in [0, 0.1) is 0 Å². The van der Waals surface area contributed by atoms with Crippen LogP contribution >= 0.6 is 0 Å². The summed E-state index contributed by atoms with van der Waals surface area (Å²) in [5.41, 5.74) is 25.3. The molecule has 0 heterocycles. The smallest absolute Gasteiger partial charge is 0.0314 e. The Hall–Kier alpha value is -3.52. The fourth-order valence-electron chi connectivity index (χ4n) is 6.69. The molecule has 0 atom stereocenters. The zero-order valence-corrected chi connectivity index (χ0v) is 29.0. The second kappa shape index (κ2) is 19.9. The molecule has 4 aromatic rings. The molecule has 0 unspecified atom stereocenters. The first-order valence-corrected chi connectivity index (χ1v) is 18.4. The SMILES string of the molecule is CCCCCCc1cc(CCCCCCc2ccc(Cc3ccc(N)cc3)c(CCCCCC)c2)ccc1Cc1ccc(N)cc1. The minimum absolute atomic E-state index is 0.838. The topological polar surface area (TPSA) is 52.0 Å². The number of hydrogen-bond donors (Lipinski definition) is 2. The van der Waals surface area contributed by atoms with Crippen molar-refractivity contribution < 1.29 is 0 Å². The molecule has 0 amide bonds. The molecule has 0 aliphatic carbocycles. The van der Waals surface area contributed by atoms with Crippen LogP contribution in [0.5, 0.6) is 0 Å². The van der Waals surface area contributed by atoms with Crippen LogP contribution in [0.15, 0.2) is 84.9 Å². The molecule has 0 saturated heterocycles. The molecule has 4 rings (SSSR count). The quantitative estimate of drug-likeness (QED) is 0.0723. The molecule has 0 spiro atoms. The van der Waals surface area contributed by atoms with Crippen LogP contribution in [0.25, 0.3) is 0 Å². The van der Waals surface area contributed by atoms with Gasteiger partial charge in [0.15, 0.2) is 0 Å². The number of nitrogens with two attached hydrogens (primary N) is 2. The molecule has 4 N–H and O–H groups in total. The maximum Gasteiger partial charge on any atom is 0.0314 e. The number of hydrogen-bond acceptors (Lipinski definition) is 2. The van der Waals surface area contributed by atoms with E-state index in [4.69, 9.17) is 11.5 Å². The lowest BCUT2D eigenvalue weighted by Crippen LogP contribution is -2.00. The van der Waals surface area contributed by atoms with Gasteiger partial charge in [-0.2, -0.15) is 0 Å². The molecule has 0 aliphatic rings. The van der Waals surface area contributed by atoms with Gasteiger partial charge in [0, 0.05) is 11.4 Å². The molecule has 0 fully saturated rings. The Balaban J connectivity index is 1.27. The zero-order chi connectivity index (χ0) is 32.4. The average Bonchev–Trinajstić information content (AvgIpc) is 3.07. The highest BCUT2D eigenvalue weighted by Gasteiger charge is 2.09. The molecule has 4 aromatic carbocycles. The van der Waals surface area contributed by atoms with Gasteiger partial charge in [-0.25, -0.2) is 0 Å². The van der Waals surface area contributed by atoms with Crippen LogP contribution in [-0.4, -0.2) is 0 Å². The van der Waals surface area contributed by atoms with Crippen LogP contribution in [-0.2, 0) is 38.5 Å². The van der Waals surface area contributed by atoms with Gasteiger partial charge in [-0.3, -0.25) is 0 Å². The van der Waals surface area contributed by atoms with E-state index >= 15 is 0 Å². The molecule has 2 nitrogen and oxygen atoms in total. The largest absolute Gasteiger partial charge is 0.399 e. The van der Waals surface area contributed by atoms with E-state index in [0.717, 1.165) is 24.2 Å². The first kappa shape index (κ1) is 35.3. The highest BCUT2D eigenvalue weighted by Crippen LogP contribution is 2.23. The van der Waals surface area contributed by atoms with Crippen molar-refractivity contribution in [1.82, 2.24) is 0 Å². The fraction of sp³-hybridized carbons (Fsp3) is 0.455. The summed E-state index contributed by atoms with van der Waals surface area (Å²) in [6.45, 7) is 4.58. The predicted molar refractivity (Wildman–Crippen MR) is 202 cm³/mol. The predicted octanol–water partition coefficient (Wildman–Crippen LogP) is 11.6. The molecule has 0 radical (unpaired) electrons. The molecule has 2 heteroatoms. The zero-order valence-electron chi connectivity index (χ0n) is 29.0. The van der Waals surface area contributed by atoms with E-state index in [1.165, 1.54) is 136 Å². The molecule has 0 saturated carbocycles. The van der Waals surface area contributed by atoms with Gasteiger partial charge < -0.3 is 11.5 Å². The number of aryl methyl sites for hydroxylation is 4. The van der Waals surface area contributed by atoms with Gasteiger partial charge >= 0.3 is 0 Å². The van der Waals surface area contributed by atoms with Crippen molar-refractivity contribution in [3.63, 3.8) is 0 Å². The van der Waals surface area contributed by atoms with Gasteiger partial charge in [0.1, 0.15) is 0 Å². The van der Waals surface area contributed by atoms with E-state index in [-0.39, 0.29) is 0 Å². The summed E-state index contributed by atoms with van der Waals surface area (Å²) in [5.74, 6) is 0. The molecular weight excluding hydrogens is 556 g/mol. The van der Waals surface area contributed by atoms with Crippen molar-refractivity contribution in [3.05, 3.63) is 129 Å². The maximum absolute atomic E-state index is 5.93. The van der Waals surface area contributed by atoms with Crippen LogP contribution in [0.4, 0.5) is 11.4 Å². The summed E-state index contributed by atoms with van der Waals surface area (Å²) in [6.07, 6.45) is 22.4. The Bertz CT molecular complexity index is 1310. The van der Waals surface area contributed by atoms with Crippen molar-refractivity contribution in [2.75, 3.05) is 11.5 Å². The van der Waals surface area contributed by atoms with Crippen LogP contribution in [0.1, 0.15) is 135 Å². The number of unbranched alkanes of at least 4 members (excludes halogenated alkanes) is 9. The van der Waals surface area contributed by atoms with Gasteiger partial charge in [0.05, 0.1) is 0 Å². The molecule has 246 valence electrons. The summed E-state index contributed by atoms with van der Waals surface area (Å²) >= 11 is 0. The fourth-order valence-corrected chi connectivity index (χ4v) is 6.69. The van der Waals surface area contributed by atoms with Crippen molar-refractivity contribution in [3.8, 4) is 0 Å². The van der Waals surface area contributed by atoms with E-state index in [2.05, 4.69) is 74.5 Å². The van der Waals surface area contributed by atoms with Gasteiger partial charge in [-0.05, 0) is 133 Å². The van der Waals surface area contributed by atoms with Gasteiger partial charge in [0.2, 0.25) is 0 Å². The third-order valence-corrected chi connectivity index (χ3v) is 9.57. The minimum atomic E-state index is 0.838. The van der Waals surface area contributed by atoms with Gasteiger partial charge in [0.25, 0.3) is 0 Å². The Morgan fingerprint density at radius 3 is 1.09 bits per heavy atom. The van der Waals surface area contributed by atoms with Crippen LogP contribution < -0.4 is 11.5 Å². The van der Waals surface area contributed by atoms with Gasteiger partial charge in [-0.15, -0.1) is 0 Å². The van der Waals surface area contributed by atoms with Gasteiger partial charge in [-0.1, -0.05) is 126 Å². The standard InChI is InChI=1S/C44H60N2/c1-3-5-7-13-17-39-31-35(19-25-41(39)33-37-21-27-43(45)28-22-37)15-11-9-10-12-16-36-20-26-42(34-38-23-29-44(46)30-24-38)40(32-36)18-14-8-6-4-2/h19-32H,3-18,33-34,45-46H2,1-2H3. The van der Waals surface area contributed by atoms with E-state index in [0.29, 0.717) is 0 Å². The lowest BCUT2D eigenvalue weighted by Gasteiger charge is -2.14. The van der Waals surface area contributed by atoms with Crippen LogP contribution in [0.3, 0.4) is 0 Å².